The highest BCUT2D eigenvalue weighted by molar-refractivity contribution is 5.79. The Hall–Kier alpha value is -2.11. The second-order valence-electron chi connectivity index (χ2n) is 5.94. The second kappa shape index (κ2) is 6.56. The molecular weight excluding hydrogens is 274 g/mol. The Balaban J connectivity index is 2.84. The van der Waals surface area contributed by atoms with Gasteiger partial charge in [0.05, 0.1) is 12.3 Å². The van der Waals surface area contributed by atoms with Gasteiger partial charge in [-0.05, 0) is 26.8 Å². The van der Waals surface area contributed by atoms with Crippen LogP contribution in [0.25, 0.3) is 0 Å². The number of carboxylic acids is 1. The molecule has 0 saturated carbocycles. The van der Waals surface area contributed by atoms with Crippen LogP contribution in [0.15, 0.2) is 23.0 Å². The maximum atomic E-state index is 11.8. The van der Waals surface area contributed by atoms with Crippen LogP contribution in [-0.2, 0) is 27.8 Å². The number of rotatable bonds is 5. The van der Waals surface area contributed by atoms with Gasteiger partial charge in [-0.15, -0.1) is 0 Å². The summed E-state index contributed by atoms with van der Waals surface area (Å²) >= 11 is 0. The molecule has 1 aromatic heterocycles. The summed E-state index contributed by atoms with van der Waals surface area (Å²) in [6.45, 7) is 5.17. The molecule has 0 unspecified atom stereocenters. The fraction of sp³-hybridized carbons (Fsp3) is 0.533. The molecule has 6 nitrogen and oxygen atoms in total. The Morgan fingerprint density at radius 3 is 2.48 bits per heavy atom. The largest absolute Gasteiger partial charge is 0.481 e. The maximum Gasteiger partial charge on any atom is 0.307 e. The van der Waals surface area contributed by atoms with E-state index < -0.39 is 23.5 Å². The molecule has 0 spiro atoms. The number of pyridine rings is 1. The van der Waals surface area contributed by atoms with E-state index in [9.17, 15) is 19.5 Å². The first-order valence-corrected chi connectivity index (χ1v) is 6.69. The Morgan fingerprint density at radius 2 is 1.95 bits per heavy atom. The molecule has 0 aliphatic heterocycles. The molecule has 0 fully saturated rings. The minimum Gasteiger partial charge on any atom is -0.481 e. The van der Waals surface area contributed by atoms with Crippen molar-refractivity contribution in [2.45, 2.75) is 39.2 Å². The van der Waals surface area contributed by atoms with Gasteiger partial charge in [0.25, 0.3) is 0 Å². The Morgan fingerprint density at radius 1 is 1.33 bits per heavy atom. The van der Waals surface area contributed by atoms with E-state index >= 15 is 0 Å². The molecule has 0 radical (unpaired) electrons. The van der Waals surface area contributed by atoms with E-state index in [1.165, 1.54) is 10.6 Å². The number of carbonyl (C=O) groups is 2. The van der Waals surface area contributed by atoms with Crippen molar-refractivity contribution in [2.24, 2.45) is 13.0 Å². The number of aromatic nitrogens is 1. The summed E-state index contributed by atoms with van der Waals surface area (Å²) in [6.07, 6.45) is -0.128. The smallest absolute Gasteiger partial charge is 0.307 e. The maximum absolute atomic E-state index is 11.8. The van der Waals surface area contributed by atoms with Gasteiger partial charge in [-0.3, -0.25) is 14.4 Å². The minimum atomic E-state index is -1.09. The van der Waals surface area contributed by atoms with E-state index in [-0.39, 0.29) is 18.4 Å². The van der Waals surface area contributed by atoms with Gasteiger partial charge < -0.3 is 14.4 Å². The molecule has 116 valence electrons. The van der Waals surface area contributed by atoms with Crippen molar-refractivity contribution in [1.82, 2.24) is 4.57 Å². The van der Waals surface area contributed by atoms with Crippen LogP contribution in [0.1, 0.15) is 32.9 Å². The molecule has 0 aliphatic carbocycles. The van der Waals surface area contributed by atoms with E-state index in [0.29, 0.717) is 5.69 Å². The first-order chi connectivity index (χ1) is 9.60. The highest BCUT2D eigenvalue weighted by atomic mass is 16.6. The quantitative estimate of drug-likeness (QED) is 0.829. The molecule has 1 heterocycles. The minimum absolute atomic E-state index is 0.0984. The van der Waals surface area contributed by atoms with Crippen LogP contribution in [0.2, 0.25) is 0 Å². The van der Waals surface area contributed by atoms with E-state index in [0.717, 1.165) is 0 Å². The molecule has 6 heteroatoms. The topological polar surface area (TPSA) is 85.6 Å². The van der Waals surface area contributed by atoms with Crippen molar-refractivity contribution in [1.29, 1.82) is 0 Å². The zero-order valence-corrected chi connectivity index (χ0v) is 12.8. The number of carbonyl (C=O) groups excluding carboxylic acids is 1. The molecule has 1 N–H and O–H groups in total. The summed E-state index contributed by atoms with van der Waals surface area (Å²) < 4.78 is 6.52. The number of aliphatic carboxylic acids is 1. The van der Waals surface area contributed by atoms with Gasteiger partial charge >= 0.3 is 11.9 Å². The fourth-order valence-corrected chi connectivity index (χ4v) is 1.90. The van der Waals surface area contributed by atoms with Gasteiger partial charge in [0, 0.05) is 25.2 Å². The fourth-order valence-electron chi connectivity index (χ4n) is 1.90. The van der Waals surface area contributed by atoms with Crippen molar-refractivity contribution in [3.8, 4) is 0 Å². The first-order valence-electron chi connectivity index (χ1n) is 6.69. The van der Waals surface area contributed by atoms with Crippen molar-refractivity contribution in [2.75, 3.05) is 0 Å². The number of ether oxygens (including phenoxy) is 1. The van der Waals surface area contributed by atoms with E-state index in [2.05, 4.69) is 0 Å². The predicted octanol–water partition coefficient (Wildman–Crippen LogP) is 1.36. The van der Waals surface area contributed by atoms with Crippen LogP contribution >= 0.6 is 0 Å². The number of hydrogen-bond acceptors (Lipinski definition) is 4. The standard InChI is InChI=1S/C15H21NO5/c1-15(2,3)21-13(18)9-10(14(19)20)8-11-6-5-7-12(17)16(11)4/h5-7,10H,8-9H2,1-4H3,(H,19,20)/t10-/m1/s1. The van der Waals surface area contributed by atoms with Crippen LogP contribution in [0.4, 0.5) is 0 Å². The van der Waals surface area contributed by atoms with Gasteiger partial charge in [-0.2, -0.15) is 0 Å². The highest BCUT2D eigenvalue weighted by Crippen LogP contribution is 2.16. The first kappa shape index (κ1) is 16.9. The SMILES string of the molecule is Cn1c(C[C@H](CC(=O)OC(C)(C)C)C(=O)O)cccc1=O. The molecule has 1 atom stereocenters. The Bertz CT molecular complexity index is 582. The number of nitrogens with zero attached hydrogens (tertiary/aromatic N) is 1. The van der Waals surface area contributed by atoms with E-state index in [4.69, 9.17) is 4.74 Å². The molecule has 0 bridgehead atoms. The average molecular weight is 295 g/mol. The lowest BCUT2D eigenvalue weighted by atomic mass is 9.99. The second-order valence-corrected chi connectivity index (χ2v) is 5.94. The van der Waals surface area contributed by atoms with Gasteiger partial charge in [0.15, 0.2) is 0 Å². The summed E-state index contributed by atoms with van der Waals surface area (Å²) in [7, 11) is 1.57. The average Bonchev–Trinajstić information content (AvgIpc) is 2.31. The van der Waals surface area contributed by atoms with E-state index in [1.807, 2.05) is 0 Å². The molecule has 0 aromatic carbocycles. The van der Waals surface area contributed by atoms with Gasteiger partial charge in [-0.25, -0.2) is 0 Å². The van der Waals surface area contributed by atoms with Crippen LogP contribution < -0.4 is 5.56 Å². The van der Waals surface area contributed by atoms with Gasteiger partial charge in [0.2, 0.25) is 5.56 Å². The van der Waals surface area contributed by atoms with Crippen molar-refractivity contribution < 1.29 is 19.4 Å². The van der Waals surface area contributed by atoms with E-state index in [1.54, 1.807) is 40.0 Å². The molecule has 1 rings (SSSR count). The summed E-state index contributed by atoms with van der Waals surface area (Å²) in [5, 5.41) is 9.25. The number of esters is 1. The Labute approximate surface area is 123 Å². The monoisotopic (exact) mass is 295 g/mol. The Kier molecular flexibility index (Phi) is 5.29. The third kappa shape index (κ3) is 5.41. The summed E-state index contributed by atoms with van der Waals surface area (Å²) in [5.41, 5.74) is -0.299. The molecular formula is C15H21NO5. The van der Waals surface area contributed by atoms with Crippen LogP contribution in [-0.4, -0.2) is 27.2 Å². The van der Waals surface area contributed by atoms with Crippen LogP contribution in [0.3, 0.4) is 0 Å². The lowest BCUT2D eigenvalue weighted by Crippen LogP contribution is -2.29. The number of carboxylic acid groups (broad SMARTS) is 1. The number of hydrogen-bond donors (Lipinski definition) is 1. The zero-order chi connectivity index (χ0) is 16.2. The molecule has 21 heavy (non-hydrogen) atoms. The summed E-state index contributed by atoms with van der Waals surface area (Å²) in [6, 6.07) is 4.64. The molecule has 0 saturated heterocycles. The normalized spacial score (nSPS) is 12.8. The van der Waals surface area contributed by atoms with Gasteiger partial charge in [0.1, 0.15) is 5.60 Å². The zero-order valence-electron chi connectivity index (χ0n) is 12.8. The van der Waals surface area contributed by atoms with Crippen molar-refractivity contribution in [3.63, 3.8) is 0 Å². The van der Waals surface area contributed by atoms with Crippen LogP contribution in [0, 0.1) is 5.92 Å². The lowest BCUT2D eigenvalue weighted by molar-refractivity contribution is -0.159. The van der Waals surface area contributed by atoms with Crippen LogP contribution in [0.5, 0.6) is 0 Å². The summed E-state index contributed by atoms with van der Waals surface area (Å²) in [5.74, 6) is -2.57. The van der Waals surface area contributed by atoms with Gasteiger partial charge in [-0.1, -0.05) is 6.07 Å². The summed E-state index contributed by atoms with van der Waals surface area (Å²) in [4.78, 5) is 34.6. The third-order valence-electron chi connectivity index (χ3n) is 2.93. The lowest BCUT2D eigenvalue weighted by Gasteiger charge is -2.21. The molecule has 0 aliphatic rings. The van der Waals surface area contributed by atoms with Crippen molar-refractivity contribution >= 4 is 11.9 Å². The third-order valence-corrected chi connectivity index (χ3v) is 2.93. The molecule has 0 amide bonds. The van der Waals surface area contributed by atoms with Crippen molar-refractivity contribution in [3.05, 3.63) is 34.2 Å². The highest BCUT2D eigenvalue weighted by Gasteiger charge is 2.26. The molecule has 1 aromatic rings. The predicted molar refractivity (Wildman–Crippen MR) is 77.0 cm³/mol.